The number of carbonyl (C=O) groups excluding carboxylic acids is 2. The minimum absolute atomic E-state index is 0.120. The smallest absolute Gasteiger partial charge is 0.399 e. The highest BCUT2D eigenvalue weighted by Gasteiger charge is 2.59. The number of halogens is 3. The van der Waals surface area contributed by atoms with Crippen molar-refractivity contribution in [2.75, 3.05) is 11.9 Å². The first-order valence-corrected chi connectivity index (χ1v) is 10.1. The molecule has 1 spiro atoms. The average molecular weight is 464 g/mol. The van der Waals surface area contributed by atoms with Gasteiger partial charge in [0, 0.05) is 18.1 Å². The van der Waals surface area contributed by atoms with Gasteiger partial charge in [-0.05, 0) is 36.5 Å². The number of nitrogens with one attached hydrogen (secondary N) is 3. The Morgan fingerprint density at radius 2 is 2.15 bits per heavy atom. The number of imide groups is 1. The molecule has 1 saturated carbocycles. The van der Waals surface area contributed by atoms with Gasteiger partial charge in [-0.15, -0.1) is 0 Å². The number of nitrogens with two attached hydrogens (primary N) is 2. The van der Waals surface area contributed by atoms with E-state index in [1.807, 2.05) is 6.92 Å². The number of amides is 3. The molecule has 13 heteroatoms. The van der Waals surface area contributed by atoms with Gasteiger partial charge in [0.15, 0.2) is 0 Å². The number of pyridine rings is 1. The molecule has 2 aromatic heterocycles. The topological polar surface area (TPSA) is 143 Å². The molecule has 4 rings (SSSR count). The normalized spacial score (nSPS) is 24.9. The summed E-state index contributed by atoms with van der Waals surface area (Å²) < 4.78 is 41.5. The SMILES string of the molecule is CC1CC/C(=C\Nc2cc(C(F)(F)F)cc3cncn23)C12NC(=O)N(C/C(N)=C/NN)C2=O. The highest BCUT2D eigenvalue weighted by molar-refractivity contribution is 6.09. The third-order valence-corrected chi connectivity index (χ3v) is 6.08. The number of hydrogen-bond donors (Lipinski definition) is 5. The van der Waals surface area contributed by atoms with E-state index in [2.05, 4.69) is 21.0 Å². The molecule has 1 saturated heterocycles. The Morgan fingerprint density at radius 1 is 1.39 bits per heavy atom. The number of rotatable bonds is 5. The van der Waals surface area contributed by atoms with Crippen molar-refractivity contribution in [3.8, 4) is 0 Å². The van der Waals surface area contributed by atoms with Crippen LogP contribution in [-0.4, -0.2) is 38.3 Å². The molecule has 1 aliphatic heterocycles. The van der Waals surface area contributed by atoms with Crippen molar-refractivity contribution >= 4 is 23.3 Å². The monoisotopic (exact) mass is 464 g/mol. The molecule has 2 atom stereocenters. The van der Waals surface area contributed by atoms with E-state index in [1.54, 1.807) is 0 Å². The predicted molar refractivity (Wildman–Crippen MR) is 113 cm³/mol. The van der Waals surface area contributed by atoms with Crippen molar-refractivity contribution < 1.29 is 22.8 Å². The van der Waals surface area contributed by atoms with Gasteiger partial charge in [0.25, 0.3) is 5.91 Å². The molecule has 2 aromatic rings. The van der Waals surface area contributed by atoms with Crippen LogP contribution in [0.15, 0.2) is 48.3 Å². The molecule has 0 radical (unpaired) electrons. The second-order valence-corrected chi connectivity index (χ2v) is 8.08. The molecule has 1 aliphatic carbocycles. The number of fused-ring (bicyclic) bond motifs is 1. The van der Waals surface area contributed by atoms with Gasteiger partial charge in [-0.1, -0.05) is 6.92 Å². The van der Waals surface area contributed by atoms with E-state index in [9.17, 15) is 22.8 Å². The number of nitrogens with zero attached hydrogens (tertiary/aromatic N) is 3. The maximum Gasteiger partial charge on any atom is 0.416 e. The largest absolute Gasteiger partial charge is 0.416 e. The molecule has 176 valence electrons. The van der Waals surface area contributed by atoms with Crippen LogP contribution in [0.1, 0.15) is 25.3 Å². The fourth-order valence-corrected chi connectivity index (χ4v) is 4.38. The van der Waals surface area contributed by atoms with Crippen molar-refractivity contribution in [3.05, 3.63) is 53.9 Å². The highest BCUT2D eigenvalue weighted by atomic mass is 19.4. The van der Waals surface area contributed by atoms with Gasteiger partial charge in [-0.25, -0.2) is 9.78 Å². The van der Waals surface area contributed by atoms with Crippen molar-refractivity contribution in [1.82, 2.24) is 25.0 Å². The lowest BCUT2D eigenvalue weighted by Crippen LogP contribution is -2.51. The Balaban J connectivity index is 1.68. The molecule has 2 fully saturated rings. The number of anilines is 1. The standard InChI is InChI=1S/C20H23F3N8O2/c1-11-2-3-12(19(11)17(32)30(18(33)29-19)9-14(24)7-28-25)6-27-16-5-13(20(21,22)23)4-15-8-26-10-31(15)16/h4-8,10-11,27-28H,2-3,9,24-25H2,1H3,(H,29,33)/b12-6+,14-7-. The molecule has 7 N–H and O–H groups in total. The average Bonchev–Trinajstić information content (AvgIpc) is 3.40. The van der Waals surface area contributed by atoms with Crippen LogP contribution in [0.2, 0.25) is 0 Å². The van der Waals surface area contributed by atoms with Crippen LogP contribution in [0.5, 0.6) is 0 Å². The number of hydrogen-bond acceptors (Lipinski definition) is 7. The summed E-state index contributed by atoms with van der Waals surface area (Å²) in [4.78, 5) is 30.9. The Hall–Kier alpha value is -3.74. The third kappa shape index (κ3) is 3.73. The van der Waals surface area contributed by atoms with Crippen LogP contribution in [0.4, 0.5) is 23.8 Å². The number of carbonyl (C=O) groups is 2. The van der Waals surface area contributed by atoms with E-state index in [-0.39, 0.29) is 29.5 Å². The third-order valence-electron chi connectivity index (χ3n) is 6.08. The number of alkyl halides is 3. The zero-order valence-corrected chi connectivity index (χ0v) is 17.6. The van der Waals surface area contributed by atoms with Crippen molar-refractivity contribution in [2.45, 2.75) is 31.5 Å². The Kier molecular flexibility index (Phi) is 5.44. The van der Waals surface area contributed by atoms with Crippen LogP contribution in [0.3, 0.4) is 0 Å². The van der Waals surface area contributed by atoms with E-state index < -0.39 is 29.2 Å². The number of imidazole rings is 1. The first kappa shape index (κ1) is 22.5. The van der Waals surface area contributed by atoms with Crippen molar-refractivity contribution in [3.63, 3.8) is 0 Å². The van der Waals surface area contributed by atoms with Gasteiger partial charge < -0.3 is 21.8 Å². The zero-order valence-electron chi connectivity index (χ0n) is 17.6. The summed E-state index contributed by atoms with van der Waals surface area (Å²) in [7, 11) is 0. The van der Waals surface area contributed by atoms with Gasteiger partial charge in [-0.2, -0.15) is 13.2 Å². The molecule has 2 unspecified atom stereocenters. The van der Waals surface area contributed by atoms with Gasteiger partial charge in [0.05, 0.1) is 23.8 Å². The lowest BCUT2D eigenvalue weighted by Gasteiger charge is -2.28. The van der Waals surface area contributed by atoms with Gasteiger partial charge in [-0.3, -0.25) is 19.9 Å². The first-order valence-electron chi connectivity index (χ1n) is 10.1. The fraction of sp³-hybridized carbons (Fsp3) is 0.350. The van der Waals surface area contributed by atoms with Gasteiger partial charge in [0.1, 0.15) is 17.7 Å². The minimum atomic E-state index is -4.54. The summed E-state index contributed by atoms with van der Waals surface area (Å²) in [6.45, 7) is 1.68. The lowest BCUT2D eigenvalue weighted by atomic mass is 9.85. The van der Waals surface area contributed by atoms with Crippen LogP contribution >= 0.6 is 0 Å². The van der Waals surface area contributed by atoms with Crippen LogP contribution in [-0.2, 0) is 11.0 Å². The van der Waals surface area contributed by atoms with Crippen LogP contribution < -0.4 is 27.6 Å². The maximum atomic E-state index is 13.3. The summed E-state index contributed by atoms with van der Waals surface area (Å²) in [6.07, 6.45) is 1.99. The molecule has 2 aliphatic rings. The van der Waals surface area contributed by atoms with E-state index in [4.69, 9.17) is 11.6 Å². The van der Waals surface area contributed by atoms with Crippen molar-refractivity contribution in [2.24, 2.45) is 17.5 Å². The summed E-state index contributed by atoms with van der Waals surface area (Å²) in [5.74, 6) is 4.60. The molecular weight excluding hydrogens is 441 g/mol. The van der Waals surface area contributed by atoms with E-state index in [1.165, 1.54) is 29.3 Å². The maximum absolute atomic E-state index is 13.3. The second kappa shape index (κ2) is 7.99. The molecule has 0 bridgehead atoms. The molecule has 33 heavy (non-hydrogen) atoms. The number of hydrazine groups is 1. The van der Waals surface area contributed by atoms with E-state index in [0.717, 1.165) is 17.0 Å². The predicted octanol–water partition coefficient (Wildman–Crippen LogP) is 1.63. The van der Waals surface area contributed by atoms with Crippen molar-refractivity contribution in [1.29, 1.82) is 0 Å². The Labute approximate surface area is 186 Å². The molecular formula is C20H23F3N8O2. The van der Waals surface area contributed by atoms with E-state index >= 15 is 0 Å². The quantitative estimate of drug-likeness (QED) is 0.257. The first-order chi connectivity index (χ1) is 15.6. The molecule has 3 amide bonds. The summed E-state index contributed by atoms with van der Waals surface area (Å²) in [6, 6.07) is 1.35. The minimum Gasteiger partial charge on any atom is -0.399 e. The Morgan fingerprint density at radius 3 is 2.85 bits per heavy atom. The summed E-state index contributed by atoms with van der Waals surface area (Å²) >= 11 is 0. The molecule has 10 nitrogen and oxygen atoms in total. The fourth-order valence-electron chi connectivity index (χ4n) is 4.38. The highest BCUT2D eigenvalue weighted by Crippen LogP contribution is 2.44. The molecule has 0 aromatic carbocycles. The van der Waals surface area contributed by atoms with E-state index in [0.29, 0.717) is 18.4 Å². The van der Waals surface area contributed by atoms with Gasteiger partial charge in [0.2, 0.25) is 0 Å². The zero-order chi connectivity index (χ0) is 24.0. The summed E-state index contributed by atoms with van der Waals surface area (Å²) in [5, 5.41) is 5.66. The second-order valence-electron chi connectivity index (χ2n) is 8.08. The van der Waals surface area contributed by atoms with Crippen LogP contribution in [0, 0.1) is 5.92 Å². The van der Waals surface area contributed by atoms with Gasteiger partial charge >= 0.3 is 12.2 Å². The number of urea groups is 1. The Bertz CT molecular complexity index is 1170. The number of aromatic nitrogens is 2. The lowest BCUT2D eigenvalue weighted by molar-refractivity contribution is -0.137. The molecule has 3 heterocycles. The van der Waals surface area contributed by atoms with Crippen LogP contribution in [0.25, 0.3) is 5.52 Å². The summed E-state index contributed by atoms with van der Waals surface area (Å²) in [5.41, 5.74) is 6.89.